The molecule has 2 aromatic rings. The summed E-state index contributed by atoms with van der Waals surface area (Å²) in [6.07, 6.45) is 0.230. The SMILES string of the molecule is O=C(O)C(O)c1ccc2c(c1)CCC(NS(=O)(=O)c1ccccc1)C2. The summed E-state index contributed by atoms with van der Waals surface area (Å²) >= 11 is 0. The third-order valence-electron chi connectivity index (χ3n) is 4.38. The first-order valence-corrected chi connectivity index (χ1v) is 9.45. The van der Waals surface area contributed by atoms with Gasteiger partial charge < -0.3 is 10.2 Å². The molecule has 3 rings (SSSR count). The van der Waals surface area contributed by atoms with E-state index < -0.39 is 22.1 Å². The quantitative estimate of drug-likeness (QED) is 0.751. The topological polar surface area (TPSA) is 104 Å². The fraction of sp³-hybridized carbons (Fsp3) is 0.278. The van der Waals surface area contributed by atoms with Crippen LogP contribution >= 0.6 is 0 Å². The van der Waals surface area contributed by atoms with Crippen LogP contribution in [0.3, 0.4) is 0 Å². The minimum Gasteiger partial charge on any atom is -0.479 e. The summed E-state index contributed by atoms with van der Waals surface area (Å²) in [6, 6.07) is 13.0. The van der Waals surface area contributed by atoms with Crippen molar-refractivity contribution in [1.29, 1.82) is 0 Å². The first kappa shape index (κ1) is 17.6. The number of rotatable bonds is 5. The minimum atomic E-state index is -3.56. The molecule has 0 fully saturated rings. The Bertz CT molecular complexity index is 880. The fourth-order valence-electron chi connectivity index (χ4n) is 3.08. The predicted molar refractivity (Wildman–Crippen MR) is 91.6 cm³/mol. The van der Waals surface area contributed by atoms with Crippen molar-refractivity contribution in [3.05, 3.63) is 65.2 Å². The molecular formula is C18H19NO5S. The first-order chi connectivity index (χ1) is 11.9. The van der Waals surface area contributed by atoms with Crippen molar-refractivity contribution >= 4 is 16.0 Å². The van der Waals surface area contributed by atoms with Gasteiger partial charge in [0, 0.05) is 6.04 Å². The highest BCUT2D eigenvalue weighted by Gasteiger charge is 2.25. The molecule has 25 heavy (non-hydrogen) atoms. The van der Waals surface area contributed by atoms with Crippen molar-refractivity contribution in [1.82, 2.24) is 4.72 Å². The summed E-state index contributed by atoms with van der Waals surface area (Å²) in [5.74, 6) is -1.29. The molecule has 132 valence electrons. The van der Waals surface area contributed by atoms with Gasteiger partial charge in [-0.05, 0) is 48.1 Å². The highest BCUT2D eigenvalue weighted by molar-refractivity contribution is 7.89. The van der Waals surface area contributed by atoms with Gasteiger partial charge in [0.15, 0.2) is 6.10 Å². The van der Waals surface area contributed by atoms with Gasteiger partial charge in [-0.15, -0.1) is 0 Å². The van der Waals surface area contributed by atoms with E-state index in [1.165, 1.54) is 0 Å². The predicted octanol–water partition coefficient (Wildman–Crippen LogP) is 1.64. The summed E-state index contributed by atoms with van der Waals surface area (Å²) in [6.45, 7) is 0. The van der Waals surface area contributed by atoms with Crippen LogP contribution in [-0.4, -0.2) is 30.6 Å². The highest BCUT2D eigenvalue weighted by atomic mass is 32.2. The molecule has 0 bridgehead atoms. The summed E-state index contributed by atoms with van der Waals surface area (Å²) in [5, 5.41) is 18.5. The molecule has 0 amide bonds. The lowest BCUT2D eigenvalue weighted by atomic mass is 9.87. The Morgan fingerprint density at radius 3 is 2.52 bits per heavy atom. The molecule has 0 heterocycles. The van der Waals surface area contributed by atoms with Crippen molar-refractivity contribution in [2.45, 2.75) is 36.3 Å². The number of aliphatic hydroxyl groups is 1. The van der Waals surface area contributed by atoms with Crippen molar-refractivity contribution in [2.75, 3.05) is 0 Å². The summed E-state index contributed by atoms with van der Waals surface area (Å²) < 4.78 is 27.6. The average Bonchev–Trinajstić information content (AvgIpc) is 2.61. The van der Waals surface area contributed by atoms with Crippen LogP contribution in [0.5, 0.6) is 0 Å². The zero-order chi connectivity index (χ0) is 18.0. The van der Waals surface area contributed by atoms with Gasteiger partial charge >= 0.3 is 5.97 Å². The third-order valence-corrected chi connectivity index (χ3v) is 5.92. The van der Waals surface area contributed by atoms with Crippen LogP contribution < -0.4 is 4.72 Å². The summed E-state index contributed by atoms with van der Waals surface area (Å²) in [7, 11) is -3.56. The number of benzene rings is 2. The van der Waals surface area contributed by atoms with Crippen LogP contribution in [0.15, 0.2) is 53.4 Å². The van der Waals surface area contributed by atoms with Gasteiger partial charge in [-0.3, -0.25) is 0 Å². The second-order valence-corrected chi connectivity index (χ2v) is 7.86. The van der Waals surface area contributed by atoms with E-state index in [1.54, 1.807) is 48.5 Å². The van der Waals surface area contributed by atoms with Gasteiger partial charge in [-0.25, -0.2) is 17.9 Å². The van der Waals surface area contributed by atoms with E-state index in [-0.39, 0.29) is 10.9 Å². The maximum Gasteiger partial charge on any atom is 0.337 e. The largest absolute Gasteiger partial charge is 0.479 e. The zero-order valence-electron chi connectivity index (χ0n) is 13.4. The van der Waals surface area contributed by atoms with Crippen molar-refractivity contribution in [2.24, 2.45) is 0 Å². The number of hydrogen-bond acceptors (Lipinski definition) is 4. The molecule has 0 saturated heterocycles. The highest BCUT2D eigenvalue weighted by Crippen LogP contribution is 2.26. The van der Waals surface area contributed by atoms with Crippen LogP contribution in [0, 0.1) is 0 Å². The molecule has 1 aliphatic carbocycles. The lowest BCUT2D eigenvalue weighted by molar-refractivity contribution is -0.146. The molecule has 0 radical (unpaired) electrons. The van der Waals surface area contributed by atoms with E-state index in [2.05, 4.69) is 4.72 Å². The van der Waals surface area contributed by atoms with Gasteiger partial charge in [-0.1, -0.05) is 36.4 Å². The van der Waals surface area contributed by atoms with Crippen LogP contribution in [0.1, 0.15) is 29.2 Å². The van der Waals surface area contributed by atoms with Crippen molar-refractivity contribution in [3.63, 3.8) is 0 Å². The molecule has 0 aliphatic heterocycles. The third kappa shape index (κ3) is 3.89. The zero-order valence-corrected chi connectivity index (χ0v) is 14.2. The number of aliphatic carboxylic acids is 1. The number of aliphatic hydroxyl groups excluding tert-OH is 1. The van der Waals surface area contributed by atoms with Gasteiger partial charge in [0.1, 0.15) is 0 Å². The van der Waals surface area contributed by atoms with Crippen LogP contribution in [0.4, 0.5) is 0 Å². The lowest BCUT2D eigenvalue weighted by Gasteiger charge is -2.26. The Morgan fingerprint density at radius 2 is 1.84 bits per heavy atom. The minimum absolute atomic E-state index is 0.215. The van der Waals surface area contributed by atoms with Gasteiger partial charge in [0.25, 0.3) is 0 Å². The molecule has 1 aliphatic rings. The Balaban J connectivity index is 1.75. The number of carboxylic acid groups (broad SMARTS) is 1. The summed E-state index contributed by atoms with van der Waals surface area (Å²) in [5.41, 5.74) is 2.26. The molecule has 0 saturated carbocycles. The number of aryl methyl sites for hydroxylation is 1. The Kier molecular flexibility index (Phi) is 4.89. The van der Waals surface area contributed by atoms with Crippen molar-refractivity contribution in [3.8, 4) is 0 Å². The van der Waals surface area contributed by atoms with Crippen LogP contribution in [0.25, 0.3) is 0 Å². The number of carbonyl (C=O) groups is 1. The number of fused-ring (bicyclic) bond motifs is 1. The summed E-state index contributed by atoms with van der Waals surface area (Å²) in [4.78, 5) is 11.1. The van der Waals surface area contributed by atoms with E-state index in [1.807, 2.05) is 0 Å². The fourth-order valence-corrected chi connectivity index (χ4v) is 4.37. The van der Waals surface area contributed by atoms with Gasteiger partial charge in [-0.2, -0.15) is 0 Å². The number of hydrogen-bond donors (Lipinski definition) is 3. The molecule has 2 atom stereocenters. The molecule has 0 spiro atoms. The Hall–Kier alpha value is -2.22. The molecule has 6 nitrogen and oxygen atoms in total. The molecule has 0 aromatic heterocycles. The average molecular weight is 361 g/mol. The number of carboxylic acids is 1. The van der Waals surface area contributed by atoms with Crippen LogP contribution in [-0.2, 0) is 27.7 Å². The van der Waals surface area contributed by atoms with Gasteiger partial charge in [0.05, 0.1) is 4.90 Å². The lowest BCUT2D eigenvalue weighted by Crippen LogP contribution is -2.38. The monoisotopic (exact) mass is 361 g/mol. The second kappa shape index (κ2) is 6.95. The smallest absolute Gasteiger partial charge is 0.337 e. The maximum atomic E-state index is 12.4. The number of nitrogens with one attached hydrogen (secondary N) is 1. The second-order valence-electron chi connectivity index (χ2n) is 6.14. The van der Waals surface area contributed by atoms with E-state index in [0.717, 1.165) is 11.1 Å². The normalized spacial score (nSPS) is 18.4. The Labute approximate surface area is 146 Å². The number of sulfonamides is 1. The van der Waals surface area contributed by atoms with Gasteiger partial charge in [0.2, 0.25) is 10.0 Å². The maximum absolute atomic E-state index is 12.4. The van der Waals surface area contributed by atoms with E-state index in [0.29, 0.717) is 24.8 Å². The molecular weight excluding hydrogens is 342 g/mol. The molecule has 2 aromatic carbocycles. The Morgan fingerprint density at radius 1 is 1.12 bits per heavy atom. The first-order valence-electron chi connectivity index (χ1n) is 7.97. The van der Waals surface area contributed by atoms with E-state index in [4.69, 9.17) is 5.11 Å². The van der Waals surface area contributed by atoms with Crippen LogP contribution in [0.2, 0.25) is 0 Å². The van der Waals surface area contributed by atoms with E-state index >= 15 is 0 Å². The molecule has 2 unspecified atom stereocenters. The van der Waals surface area contributed by atoms with Crippen molar-refractivity contribution < 1.29 is 23.4 Å². The van der Waals surface area contributed by atoms with E-state index in [9.17, 15) is 18.3 Å². The molecule has 7 heteroatoms. The standard InChI is InChI=1S/C18H19NO5S/c20-17(18(21)22)14-7-6-13-11-15(9-8-12(13)10-14)19-25(23,24)16-4-2-1-3-5-16/h1-7,10,15,17,19-20H,8-9,11H2,(H,21,22). The molecule has 3 N–H and O–H groups in total.